The van der Waals surface area contributed by atoms with Crippen LogP contribution in [0.3, 0.4) is 0 Å². The van der Waals surface area contributed by atoms with E-state index in [0.717, 1.165) is 64.2 Å². The molecule has 0 aliphatic carbocycles. The van der Waals surface area contributed by atoms with Crippen LogP contribution in [0.25, 0.3) is 0 Å². The van der Waals surface area contributed by atoms with Crippen LogP contribution in [0.5, 0.6) is 0 Å². The average molecular weight is 381 g/mol. The molecule has 2 rings (SSSR count). The highest BCUT2D eigenvalue weighted by Gasteiger charge is 2.28. The van der Waals surface area contributed by atoms with E-state index in [1.807, 2.05) is 11.8 Å². The van der Waals surface area contributed by atoms with E-state index in [0.29, 0.717) is 31.5 Å². The highest BCUT2D eigenvalue weighted by Crippen LogP contribution is 2.20. The van der Waals surface area contributed by atoms with Gasteiger partial charge in [-0.25, -0.2) is 0 Å². The molecule has 2 saturated heterocycles. The van der Waals surface area contributed by atoms with Crippen LogP contribution in [0.1, 0.15) is 59.3 Å². The van der Waals surface area contributed by atoms with Crippen molar-refractivity contribution in [1.29, 1.82) is 0 Å². The van der Waals surface area contributed by atoms with Gasteiger partial charge in [-0.3, -0.25) is 14.6 Å². The Kier molecular flexibility index (Phi) is 8.88. The molecule has 1 atom stereocenters. The number of hydrogen-bond donors (Lipinski definition) is 1. The number of likely N-dealkylation sites (tertiary alicyclic amines) is 2. The summed E-state index contributed by atoms with van der Waals surface area (Å²) in [6.45, 7) is 10.6. The molecular weight excluding hydrogens is 344 g/mol. The summed E-state index contributed by atoms with van der Waals surface area (Å²) in [5.74, 6) is 1.15. The van der Waals surface area contributed by atoms with Crippen molar-refractivity contribution in [3.05, 3.63) is 0 Å². The van der Waals surface area contributed by atoms with Crippen LogP contribution in [0.4, 0.5) is 0 Å². The van der Waals surface area contributed by atoms with Crippen molar-refractivity contribution in [2.45, 2.75) is 65.3 Å². The molecular formula is C20H36N4O3. The number of nitrogens with zero attached hydrogens (tertiary/aromatic N) is 3. The van der Waals surface area contributed by atoms with Gasteiger partial charge in [-0.1, -0.05) is 6.92 Å². The lowest BCUT2D eigenvalue weighted by atomic mass is 9.97. The molecule has 2 aliphatic heterocycles. The predicted octanol–water partition coefficient (Wildman–Crippen LogP) is 2.02. The van der Waals surface area contributed by atoms with Crippen molar-refractivity contribution in [3.8, 4) is 0 Å². The molecule has 0 spiro atoms. The first-order valence-corrected chi connectivity index (χ1v) is 10.6. The Balaban J connectivity index is 1.86. The lowest BCUT2D eigenvalue weighted by molar-refractivity contribution is -0.149. The molecule has 0 bridgehead atoms. The van der Waals surface area contributed by atoms with Crippen LogP contribution in [-0.2, 0) is 14.3 Å². The van der Waals surface area contributed by atoms with E-state index in [9.17, 15) is 9.59 Å². The van der Waals surface area contributed by atoms with Crippen LogP contribution in [-0.4, -0.2) is 73.0 Å². The molecule has 0 aromatic carbocycles. The van der Waals surface area contributed by atoms with Crippen molar-refractivity contribution in [2.24, 2.45) is 10.9 Å². The van der Waals surface area contributed by atoms with Crippen LogP contribution in [0.15, 0.2) is 4.99 Å². The number of guanidine groups is 1. The third-order valence-corrected chi connectivity index (χ3v) is 5.50. The molecule has 7 heteroatoms. The molecule has 0 aromatic rings. The fraction of sp³-hybridized carbons (Fsp3) is 0.850. The van der Waals surface area contributed by atoms with Gasteiger partial charge >= 0.3 is 5.97 Å². The van der Waals surface area contributed by atoms with E-state index < -0.39 is 0 Å². The zero-order valence-corrected chi connectivity index (χ0v) is 17.2. The largest absolute Gasteiger partial charge is 0.466 e. The number of carbonyl (C=O) groups excluding carboxylic acids is 2. The maximum Gasteiger partial charge on any atom is 0.309 e. The first kappa shape index (κ1) is 21.5. The molecule has 154 valence electrons. The van der Waals surface area contributed by atoms with Gasteiger partial charge in [0.15, 0.2) is 5.96 Å². The van der Waals surface area contributed by atoms with E-state index >= 15 is 0 Å². The lowest BCUT2D eigenvalue weighted by Crippen LogP contribution is -2.47. The Morgan fingerprint density at radius 1 is 1.26 bits per heavy atom. The zero-order chi connectivity index (χ0) is 19.6. The maximum atomic E-state index is 12.0. The van der Waals surface area contributed by atoms with E-state index in [1.54, 1.807) is 0 Å². The SMILES string of the molecule is CCNC(=NCCC(CC)N1CCCC1=O)N1CCC(C(=O)OCC)CC1. The molecule has 2 aliphatic rings. The van der Waals surface area contributed by atoms with Gasteiger partial charge in [0, 0.05) is 45.2 Å². The van der Waals surface area contributed by atoms with Gasteiger partial charge in [0.25, 0.3) is 0 Å². The van der Waals surface area contributed by atoms with E-state index in [4.69, 9.17) is 9.73 Å². The van der Waals surface area contributed by atoms with Crippen LogP contribution in [0.2, 0.25) is 0 Å². The first-order valence-electron chi connectivity index (χ1n) is 10.6. The summed E-state index contributed by atoms with van der Waals surface area (Å²) in [6, 6.07) is 0.293. The number of nitrogens with one attached hydrogen (secondary N) is 1. The van der Waals surface area contributed by atoms with E-state index in [-0.39, 0.29) is 11.9 Å². The van der Waals surface area contributed by atoms with Gasteiger partial charge in [0.2, 0.25) is 5.91 Å². The second kappa shape index (κ2) is 11.1. The Hall–Kier alpha value is -1.79. The van der Waals surface area contributed by atoms with E-state index in [2.05, 4.69) is 24.1 Å². The summed E-state index contributed by atoms with van der Waals surface area (Å²) >= 11 is 0. The van der Waals surface area contributed by atoms with E-state index in [1.165, 1.54) is 0 Å². The number of amides is 1. The predicted molar refractivity (Wildman–Crippen MR) is 107 cm³/mol. The molecule has 0 aromatic heterocycles. The van der Waals surface area contributed by atoms with Gasteiger partial charge in [-0.15, -0.1) is 0 Å². The number of ether oxygens (including phenoxy) is 1. The normalized spacial score (nSPS) is 20.1. The summed E-state index contributed by atoms with van der Waals surface area (Å²) < 4.78 is 5.15. The van der Waals surface area contributed by atoms with Gasteiger partial charge < -0.3 is 19.9 Å². The number of rotatable bonds is 8. The summed E-state index contributed by atoms with van der Waals surface area (Å²) in [5, 5.41) is 3.37. The van der Waals surface area contributed by atoms with Gasteiger partial charge in [0.1, 0.15) is 0 Å². The molecule has 1 N–H and O–H groups in total. The molecule has 27 heavy (non-hydrogen) atoms. The molecule has 2 fully saturated rings. The fourth-order valence-corrected chi connectivity index (χ4v) is 3.97. The lowest BCUT2D eigenvalue weighted by Gasteiger charge is -2.33. The van der Waals surface area contributed by atoms with Crippen molar-refractivity contribution >= 4 is 17.8 Å². The third kappa shape index (κ3) is 6.11. The number of aliphatic imine (C=N–C) groups is 1. The Morgan fingerprint density at radius 3 is 2.56 bits per heavy atom. The third-order valence-electron chi connectivity index (χ3n) is 5.50. The Bertz CT molecular complexity index is 515. The van der Waals surface area contributed by atoms with Gasteiger partial charge in [0.05, 0.1) is 12.5 Å². The quantitative estimate of drug-likeness (QED) is 0.396. The second-order valence-electron chi connectivity index (χ2n) is 7.29. The van der Waals surface area contributed by atoms with Crippen LogP contribution in [0, 0.1) is 5.92 Å². The first-order chi connectivity index (χ1) is 13.1. The second-order valence-corrected chi connectivity index (χ2v) is 7.29. The minimum absolute atomic E-state index is 0.00901. The zero-order valence-electron chi connectivity index (χ0n) is 17.2. The van der Waals surface area contributed by atoms with Gasteiger partial charge in [-0.05, 0) is 46.0 Å². The number of hydrogen-bond acceptors (Lipinski definition) is 4. The fourth-order valence-electron chi connectivity index (χ4n) is 3.97. The minimum Gasteiger partial charge on any atom is -0.466 e. The summed E-state index contributed by atoms with van der Waals surface area (Å²) in [5.41, 5.74) is 0. The molecule has 2 heterocycles. The topological polar surface area (TPSA) is 74.2 Å². The van der Waals surface area contributed by atoms with Crippen molar-refractivity contribution in [1.82, 2.24) is 15.1 Å². The molecule has 0 saturated carbocycles. The average Bonchev–Trinajstić information content (AvgIpc) is 3.10. The standard InChI is InChI=1S/C20H36N4O3/c1-4-17(24-13-7-8-18(24)25)9-12-22-20(21-5-2)23-14-10-16(11-15-23)19(26)27-6-3/h16-17H,4-15H2,1-3H3,(H,21,22). The summed E-state index contributed by atoms with van der Waals surface area (Å²) in [6.07, 6.45) is 5.17. The maximum absolute atomic E-state index is 12.0. The van der Waals surface area contributed by atoms with Crippen molar-refractivity contribution in [2.75, 3.05) is 39.3 Å². The van der Waals surface area contributed by atoms with Crippen molar-refractivity contribution in [3.63, 3.8) is 0 Å². The molecule has 1 unspecified atom stereocenters. The highest BCUT2D eigenvalue weighted by molar-refractivity contribution is 5.80. The number of piperidine rings is 1. The Morgan fingerprint density at radius 2 is 2.00 bits per heavy atom. The number of carbonyl (C=O) groups is 2. The molecule has 0 radical (unpaired) electrons. The van der Waals surface area contributed by atoms with Crippen molar-refractivity contribution < 1.29 is 14.3 Å². The van der Waals surface area contributed by atoms with Crippen LogP contribution < -0.4 is 5.32 Å². The highest BCUT2D eigenvalue weighted by atomic mass is 16.5. The molecule has 1 amide bonds. The Labute approximate surface area is 163 Å². The smallest absolute Gasteiger partial charge is 0.309 e. The number of esters is 1. The molecule has 7 nitrogen and oxygen atoms in total. The minimum atomic E-state index is -0.0693. The summed E-state index contributed by atoms with van der Waals surface area (Å²) in [4.78, 5) is 33.0. The summed E-state index contributed by atoms with van der Waals surface area (Å²) in [7, 11) is 0. The van der Waals surface area contributed by atoms with Gasteiger partial charge in [-0.2, -0.15) is 0 Å². The monoisotopic (exact) mass is 380 g/mol. The van der Waals surface area contributed by atoms with Crippen LogP contribution >= 0.6 is 0 Å².